The zero-order chi connectivity index (χ0) is 18.7. The van der Waals surface area contributed by atoms with Gasteiger partial charge in [-0.1, -0.05) is 6.07 Å². The largest absolute Gasteiger partial charge is 0.497 e. The van der Waals surface area contributed by atoms with Gasteiger partial charge in [-0.05, 0) is 48.7 Å². The predicted molar refractivity (Wildman–Crippen MR) is 98.2 cm³/mol. The summed E-state index contributed by atoms with van der Waals surface area (Å²) in [5, 5.41) is 19.3. The van der Waals surface area contributed by atoms with E-state index in [1.54, 1.807) is 19.2 Å². The molecule has 0 saturated carbocycles. The Hall–Kier alpha value is -3.22. The SMILES string of the molecule is COc1ccc(C)c(CCc2nnc(-c3ccc([N+](=O)[O-])cc3)n2C)c1. The summed E-state index contributed by atoms with van der Waals surface area (Å²) in [7, 11) is 3.57. The lowest BCUT2D eigenvalue weighted by Gasteiger charge is -2.08. The molecule has 1 aromatic heterocycles. The third-order valence-corrected chi connectivity index (χ3v) is 4.48. The van der Waals surface area contributed by atoms with Crippen LogP contribution in [0.2, 0.25) is 0 Å². The number of rotatable bonds is 6. The first-order chi connectivity index (χ1) is 12.5. The summed E-state index contributed by atoms with van der Waals surface area (Å²) in [5.41, 5.74) is 3.28. The summed E-state index contributed by atoms with van der Waals surface area (Å²) < 4.78 is 7.22. The lowest BCUT2D eigenvalue weighted by Crippen LogP contribution is -2.03. The fourth-order valence-electron chi connectivity index (χ4n) is 2.85. The van der Waals surface area contributed by atoms with Gasteiger partial charge >= 0.3 is 0 Å². The summed E-state index contributed by atoms with van der Waals surface area (Å²) in [4.78, 5) is 10.4. The monoisotopic (exact) mass is 352 g/mol. The Morgan fingerprint density at radius 1 is 1.12 bits per heavy atom. The van der Waals surface area contributed by atoms with Crippen LogP contribution in [-0.4, -0.2) is 26.8 Å². The van der Waals surface area contributed by atoms with E-state index in [2.05, 4.69) is 17.1 Å². The highest BCUT2D eigenvalue weighted by atomic mass is 16.6. The van der Waals surface area contributed by atoms with Crippen molar-refractivity contribution in [3.05, 3.63) is 69.5 Å². The number of ether oxygens (including phenoxy) is 1. The normalized spacial score (nSPS) is 10.7. The molecule has 7 nitrogen and oxygen atoms in total. The molecule has 0 saturated heterocycles. The maximum atomic E-state index is 10.8. The molecule has 2 aromatic carbocycles. The zero-order valence-corrected chi connectivity index (χ0v) is 15.0. The maximum absolute atomic E-state index is 10.8. The quantitative estimate of drug-likeness (QED) is 0.501. The molecule has 3 rings (SSSR count). The van der Waals surface area contributed by atoms with E-state index in [0.717, 1.165) is 30.0 Å². The molecule has 0 amide bonds. The minimum absolute atomic E-state index is 0.0599. The second-order valence-corrected chi connectivity index (χ2v) is 6.10. The average molecular weight is 352 g/mol. The fourth-order valence-corrected chi connectivity index (χ4v) is 2.85. The van der Waals surface area contributed by atoms with Gasteiger partial charge in [0, 0.05) is 31.2 Å². The van der Waals surface area contributed by atoms with E-state index >= 15 is 0 Å². The molecule has 0 unspecified atom stereocenters. The van der Waals surface area contributed by atoms with Gasteiger partial charge in [-0.25, -0.2) is 0 Å². The second kappa shape index (κ2) is 7.35. The molecule has 0 aliphatic heterocycles. The number of methoxy groups -OCH3 is 1. The summed E-state index contributed by atoms with van der Waals surface area (Å²) in [6.45, 7) is 2.08. The molecule has 0 N–H and O–H groups in total. The first kappa shape index (κ1) is 17.6. The van der Waals surface area contributed by atoms with Crippen molar-refractivity contribution in [3.8, 4) is 17.1 Å². The number of aromatic nitrogens is 3. The van der Waals surface area contributed by atoms with Gasteiger partial charge < -0.3 is 9.30 Å². The lowest BCUT2D eigenvalue weighted by molar-refractivity contribution is -0.384. The van der Waals surface area contributed by atoms with Crippen LogP contribution in [0.15, 0.2) is 42.5 Å². The number of hydrogen-bond acceptors (Lipinski definition) is 5. The van der Waals surface area contributed by atoms with Crippen molar-refractivity contribution in [1.29, 1.82) is 0 Å². The smallest absolute Gasteiger partial charge is 0.269 e. The molecular formula is C19H20N4O3. The number of non-ortho nitro benzene ring substituents is 1. The van der Waals surface area contributed by atoms with Crippen molar-refractivity contribution in [3.63, 3.8) is 0 Å². The molecule has 0 atom stereocenters. The first-order valence-electron chi connectivity index (χ1n) is 8.26. The van der Waals surface area contributed by atoms with Crippen molar-refractivity contribution < 1.29 is 9.66 Å². The molecule has 0 aliphatic rings. The predicted octanol–water partition coefficient (Wildman–Crippen LogP) is 3.49. The number of hydrogen-bond donors (Lipinski definition) is 0. The molecule has 3 aromatic rings. The van der Waals surface area contributed by atoms with Crippen LogP contribution in [0.4, 0.5) is 5.69 Å². The van der Waals surface area contributed by atoms with Crippen molar-refractivity contribution >= 4 is 5.69 Å². The summed E-state index contributed by atoms with van der Waals surface area (Å²) in [6, 6.07) is 12.4. The highest BCUT2D eigenvalue weighted by molar-refractivity contribution is 5.57. The van der Waals surface area contributed by atoms with Crippen LogP contribution in [0.25, 0.3) is 11.4 Å². The first-order valence-corrected chi connectivity index (χ1v) is 8.26. The van der Waals surface area contributed by atoms with Crippen molar-refractivity contribution in [1.82, 2.24) is 14.8 Å². The van der Waals surface area contributed by atoms with Crippen LogP contribution < -0.4 is 4.74 Å². The van der Waals surface area contributed by atoms with Crippen LogP contribution in [0.3, 0.4) is 0 Å². The molecular weight excluding hydrogens is 332 g/mol. The third kappa shape index (κ3) is 3.56. The van der Waals surface area contributed by atoms with E-state index in [0.29, 0.717) is 5.82 Å². The van der Waals surface area contributed by atoms with Gasteiger partial charge in [0.25, 0.3) is 5.69 Å². The Morgan fingerprint density at radius 3 is 2.50 bits per heavy atom. The Morgan fingerprint density at radius 2 is 1.85 bits per heavy atom. The highest BCUT2D eigenvalue weighted by Gasteiger charge is 2.13. The molecule has 7 heteroatoms. The molecule has 0 radical (unpaired) electrons. The fraction of sp³-hybridized carbons (Fsp3) is 0.263. The van der Waals surface area contributed by atoms with Gasteiger partial charge in [-0.15, -0.1) is 10.2 Å². The summed E-state index contributed by atoms with van der Waals surface area (Å²) in [5.74, 6) is 2.40. The maximum Gasteiger partial charge on any atom is 0.269 e. The van der Waals surface area contributed by atoms with Crippen molar-refractivity contribution in [2.24, 2.45) is 7.05 Å². The number of nitrogens with zero attached hydrogens (tertiary/aromatic N) is 4. The highest BCUT2D eigenvalue weighted by Crippen LogP contribution is 2.22. The molecule has 0 bridgehead atoms. The summed E-state index contributed by atoms with van der Waals surface area (Å²) in [6.07, 6.45) is 1.57. The van der Waals surface area contributed by atoms with Gasteiger partial charge in [-0.2, -0.15) is 0 Å². The van der Waals surface area contributed by atoms with E-state index < -0.39 is 4.92 Å². The molecule has 0 aliphatic carbocycles. The number of nitro benzene ring substituents is 1. The van der Waals surface area contributed by atoms with E-state index in [1.807, 2.05) is 29.8 Å². The third-order valence-electron chi connectivity index (χ3n) is 4.48. The second-order valence-electron chi connectivity index (χ2n) is 6.10. The Kier molecular flexibility index (Phi) is 4.97. The van der Waals surface area contributed by atoms with Gasteiger partial charge in [0.05, 0.1) is 12.0 Å². The van der Waals surface area contributed by atoms with Gasteiger partial charge in [0.1, 0.15) is 11.6 Å². The Balaban J connectivity index is 1.78. The molecule has 134 valence electrons. The van der Waals surface area contributed by atoms with Gasteiger partial charge in [0.2, 0.25) is 0 Å². The average Bonchev–Trinajstić information content (AvgIpc) is 3.01. The molecule has 26 heavy (non-hydrogen) atoms. The summed E-state index contributed by atoms with van der Waals surface area (Å²) >= 11 is 0. The topological polar surface area (TPSA) is 83.1 Å². The van der Waals surface area contributed by atoms with Gasteiger partial charge in [0.15, 0.2) is 5.82 Å². The van der Waals surface area contributed by atoms with Crippen LogP contribution in [0.5, 0.6) is 5.75 Å². The standard InChI is InChI=1S/C19H20N4O3/c1-13-4-10-17(26-3)12-15(13)7-11-18-20-21-19(22(18)2)14-5-8-16(9-6-14)23(24)25/h4-6,8-10,12H,7,11H2,1-3H3. The van der Waals surface area contributed by atoms with Crippen molar-refractivity contribution in [2.75, 3.05) is 7.11 Å². The molecule has 0 fully saturated rings. The van der Waals surface area contributed by atoms with E-state index in [9.17, 15) is 10.1 Å². The lowest BCUT2D eigenvalue weighted by atomic mass is 10.0. The van der Waals surface area contributed by atoms with Crippen LogP contribution in [0.1, 0.15) is 17.0 Å². The zero-order valence-electron chi connectivity index (χ0n) is 15.0. The van der Waals surface area contributed by atoms with Crippen LogP contribution >= 0.6 is 0 Å². The van der Waals surface area contributed by atoms with Crippen molar-refractivity contribution in [2.45, 2.75) is 19.8 Å². The Bertz CT molecular complexity index is 932. The van der Waals surface area contributed by atoms with Crippen LogP contribution in [0, 0.1) is 17.0 Å². The number of nitro groups is 1. The number of benzene rings is 2. The molecule has 0 spiro atoms. The van der Waals surface area contributed by atoms with E-state index in [4.69, 9.17) is 4.74 Å². The minimum atomic E-state index is -0.414. The Labute approximate surface area is 151 Å². The minimum Gasteiger partial charge on any atom is -0.497 e. The van der Waals surface area contributed by atoms with E-state index in [-0.39, 0.29) is 5.69 Å². The number of aryl methyl sites for hydroxylation is 3. The molecule has 1 heterocycles. The van der Waals surface area contributed by atoms with E-state index in [1.165, 1.54) is 23.3 Å². The van der Waals surface area contributed by atoms with Crippen LogP contribution in [-0.2, 0) is 19.9 Å². The van der Waals surface area contributed by atoms with Gasteiger partial charge in [-0.3, -0.25) is 10.1 Å².